The summed E-state index contributed by atoms with van der Waals surface area (Å²) in [5.74, 6) is -0.469. The predicted octanol–water partition coefficient (Wildman–Crippen LogP) is 2.54. The molecule has 0 saturated heterocycles. The van der Waals surface area contributed by atoms with E-state index in [0.29, 0.717) is 29.0 Å². The van der Waals surface area contributed by atoms with Crippen LogP contribution in [0.4, 0.5) is 0 Å². The van der Waals surface area contributed by atoms with Gasteiger partial charge in [-0.2, -0.15) is 5.10 Å². The van der Waals surface area contributed by atoms with E-state index in [-0.39, 0.29) is 10.6 Å². The first-order chi connectivity index (χ1) is 11.0. The molecular weight excluding hydrogens is 320 g/mol. The first-order valence-electron chi connectivity index (χ1n) is 6.74. The summed E-state index contributed by atoms with van der Waals surface area (Å²) in [6.07, 6.45) is 4.57. The van der Waals surface area contributed by atoms with Gasteiger partial charge in [-0.1, -0.05) is 11.6 Å². The van der Waals surface area contributed by atoms with E-state index in [0.717, 1.165) is 5.56 Å². The topological polar surface area (TPSA) is 90.1 Å². The fraction of sp³-hybridized carbons (Fsp3) is 0.200. The van der Waals surface area contributed by atoms with Crippen LogP contribution in [0.3, 0.4) is 0 Å². The minimum atomic E-state index is -1.12. The molecule has 0 radical (unpaired) electrons. The molecule has 23 heavy (non-hydrogen) atoms. The summed E-state index contributed by atoms with van der Waals surface area (Å²) in [4.78, 5) is 19.5. The van der Waals surface area contributed by atoms with Gasteiger partial charge in [0.2, 0.25) is 0 Å². The average Bonchev–Trinajstić information content (AvgIpc) is 2.84. The van der Waals surface area contributed by atoms with Crippen LogP contribution in [0.2, 0.25) is 5.02 Å². The number of methoxy groups -OCH3 is 1. The second kappa shape index (κ2) is 5.85. The molecule has 0 atom stereocenters. The number of aromatic nitrogens is 4. The van der Waals surface area contributed by atoms with Gasteiger partial charge >= 0.3 is 5.97 Å². The van der Waals surface area contributed by atoms with Gasteiger partial charge in [0.15, 0.2) is 5.65 Å². The first kappa shape index (κ1) is 15.2. The number of carboxylic acids is 1. The number of hydrogen-bond acceptors (Lipinski definition) is 5. The van der Waals surface area contributed by atoms with E-state index in [1.54, 1.807) is 31.1 Å². The minimum Gasteiger partial charge on any atom is -0.495 e. The van der Waals surface area contributed by atoms with E-state index in [1.165, 1.54) is 6.20 Å². The highest BCUT2D eigenvalue weighted by Gasteiger charge is 2.18. The van der Waals surface area contributed by atoms with E-state index >= 15 is 0 Å². The predicted molar refractivity (Wildman–Crippen MR) is 84.1 cm³/mol. The van der Waals surface area contributed by atoms with E-state index in [9.17, 15) is 4.79 Å². The van der Waals surface area contributed by atoms with E-state index in [2.05, 4.69) is 15.1 Å². The van der Waals surface area contributed by atoms with Crippen LogP contribution in [-0.2, 0) is 6.54 Å². The Morgan fingerprint density at radius 3 is 2.87 bits per heavy atom. The third-order valence-corrected chi connectivity index (χ3v) is 3.83. The molecule has 0 aliphatic rings. The number of carboxylic acid groups (broad SMARTS) is 1. The minimum absolute atomic E-state index is 0.0372. The Balaban J connectivity index is 2.08. The molecule has 0 unspecified atom stereocenters. The molecular formula is C15H13ClN4O3. The summed E-state index contributed by atoms with van der Waals surface area (Å²) in [5, 5.41) is 14.2. The zero-order chi connectivity index (χ0) is 16.6. The quantitative estimate of drug-likeness (QED) is 0.789. The van der Waals surface area contributed by atoms with Gasteiger partial charge in [0.25, 0.3) is 0 Å². The number of rotatable bonds is 4. The van der Waals surface area contributed by atoms with Crippen molar-refractivity contribution >= 4 is 28.6 Å². The third-order valence-electron chi connectivity index (χ3n) is 3.44. The highest BCUT2D eigenvalue weighted by molar-refractivity contribution is 6.38. The Morgan fingerprint density at radius 2 is 2.17 bits per heavy atom. The van der Waals surface area contributed by atoms with Gasteiger partial charge in [-0.3, -0.25) is 4.98 Å². The van der Waals surface area contributed by atoms with E-state index in [1.807, 2.05) is 6.07 Å². The van der Waals surface area contributed by atoms with E-state index in [4.69, 9.17) is 21.4 Å². The third kappa shape index (κ3) is 2.70. The molecule has 3 heterocycles. The second-order valence-corrected chi connectivity index (χ2v) is 5.34. The van der Waals surface area contributed by atoms with Crippen LogP contribution in [0.15, 0.2) is 24.7 Å². The molecule has 8 heteroatoms. The lowest BCUT2D eigenvalue weighted by Crippen LogP contribution is -2.04. The number of fused-ring (bicyclic) bond motifs is 1. The molecule has 118 valence electrons. The molecule has 0 amide bonds. The maximum absolute atomic E-state index is 11.2. The van der Waals surface area contributed by atoms with E-state index < -0.39 is 5.97 Å². The smallest absolute Gasteiger partial charge is 0.338 e. The van der Waals surface area contributed by atoms with Crippen molar-refractivity contribution in [1.82, 2.24) is 19.7 Å². The van der Waals surface area contributed by atoms with Crippen molar-refractivity contribution < 1.29 is 14.6 Å². The fourth-order valence-electron chi connectivity index (χ4n) is 2.37. The zero-order valence-corrected chi connectivity index (χ0v) is 13.2. The van der Waals surface area contributed by atoms with Crippen molar-refractivity contribution in [3.05, 3.63) is 46.5 Å². The van der Waals surface area contributed by atoms with Crippen LogP contribution in [0.5, 0.6) is 5.75 Å². The number of aryl methyl sites for hydroxylation is 1. The highest BCUT2D eigenvalue weighted by Crippen LogP contribution is 2.28. The average molecular weight is 333 g/mol. The SMILES string of the molecule is COc1cncc(Cn2nc(C)c3c(Cl)c(C(=O)O)cnc32)c1. The summed E-state index contributed by atoms with van der Waals surface area (Å²) in [7, 11) is 1.57. The number of carbonyl (C=O) groups is 1. The van der Waals surface area contributed by atoms with Crippen LogP contribution in [-0.4, -0.2) is 37.9 Å². The van der Waals surface area contributed by atoms with Gasteiger partial charge in [0.05, 0.1) is 41.5 Å². The number of ether oxygens (including phenoxy) is 1. The lowest BCUT2D eigenvalue weighted by molar-refractivity contribution is 0.0697. The molecule has 0 aliphatic heterocycles. The van der Waals surface area contributed by atoms with Crippen molar-refractivity contribution in [2.24, 2.45) is 0 Å². The van der Waals surface area contributed by atoms with Gasteiger partial charge in [-0.25, -0.2) is 14.5 Å². The fourth-order valence-corrected chi connectivity index (χ4v) is 2.72. The van der Waals surface area contributed by atoms with Gasteiger partial charge in [0.1, 0.15) is 5.75 Å². The Kier molecular flexibility index (Phi) is 3.87. The molecule has 3 aromatic rings. The van der Waals surface area contributed by atoms with Crippen molar-refractivity contribution in [3.8, 4) is 5.75 Å². The monoisotopic (exact) mass is 332 g/mol. The summed E-state index contributed by atoms with van der Waals surface area (Å²) < 4.78 is 6.82. The Hall–Kier alpha value is -2.67. The molecule has 3 rings (SSSR count). The molecule has 0 spiro atoms. The molecule has 1 N–H and O–H groups in total. The molecule has 0 saturated carbocycles. The van der Waals surface area contributed by atoms with Gasteiger partial charge in [0, 0.05) is 12.4 Å². The molecule has 7 nitrogen and oxygen atoms in total. The maximum Gasteiger partial charge on any atom is 0.338 e. The normalized spacial score (nSPS) is 10.9. The summed E-state index contributed by atoms with van der Waals surface area (Å²) >= 11 is 6.20. The van der Waals surface area contributed by atoms with Crippen LogP contribution >= 0.6 is 11.6 Å². The van der Waals surface area contributed by atoms with Crippen LogP contribution in [0.25, 0.3) is 11.0 Å². The number of hydrogen-bond donors (Lipinski definition) is 1. The molecule has 0 aliphatic carbocycles. The van der Waals surface area contributed by atoms with Crippen molar-refractivity contribution in [1.29, 1.82) is 0 Å². The van der Waals surface area contributed by atoms with Gasteiger partial charge < -0.3 is 9.84 Å². The second-order valence-electron chi connectivity index (χ2n) is 4.97. The lowest BCUT2D eigenvalue weighted by atomic mass is 10.2. The molecule has 3 aromatic heterocycles. The Labute approximate surface area is 136 Å². The Bertz CT molecular complexity index is 907. The lowest BCUT2D eigenvalue weighted by Gasteiger charge is -2.06. The van der Waals surface area contributed by atoms with Crippen LogP contribution in [0, 0.1) is 6.92 Å². The standard InChI is InChI=1S/C15H13ClN4O3/c1-8-12-13(16)11(15(21)22)6-18-14(12)20(19-8)7-9-3-10(23-2)5-17-4-9/h3-6H,7H2,1-2H3,(H,21,22). The van der Waals surface area contributed by atoms with Crippen molar-refractivity contribution in [2.45, 2.75) is 13.5 Å². The maximum atomic E-state index is 11.2. The van der Waals surface area contributed by atoms with Crippen LogP contribution in [0.1, 0.15) is 21.6 Å². The largest absolute Gasteiger partial charge is 0.495 e. The Morgan fingerprint density at radius 1 is 1.39 bits per heavy atom. The summed E-state index contributed by atoms with van der Waals surface area (Å²) in [6, 6.07) is 1.85. The zero-order valence-electron chi connectivity index (χ0n) is 12.4. The number of aromatic carboxylic acids is 1. The highest BCUT2D eigenvalue weighted by atomic mass is 35.5. The molecule has 0 bridgehead atoms. The number of nitrogens with zero attached hydrogens (tertiary/aromatic N) is 4. The van der Waals surface area contributed by atoms with Crippen LogP contribution < -0.4 is 4.74 Å². The van der Waals surface area contributed by atoms with Gasteiger partial charge in [-0.05, 0) is 18.6 Å². The van der Waals surface area contributed by atoms with Gasteiger partial charge in [-0.15, -0.1) is 0 Å². The molecule has 0 fully saturated rings. The number of halogens is 1. The summed E-state index contributed by atoms with van der Waals surface area (Å²) in [6.45, 7) is 2.19. The van der Waals surface area contributed by atoms with Crippen molar-refractivity contribution in [2.75, 3.05) is 7.11 Å². The first-order valence-corrected chi connectivity index (χ1v) is 7.12. The molecule has 0 aromatic carbocycles. The summed E-state index contributed by atoms with van der Waals surface area (Å²) in [5.41, 5.74) is 2.00. The van der Waals surface area contributed by atoms with Crippen molar-refractivity contribution in [3.63, 3.8) is 0 Å². The number of pyridine rings is 2.